The van der Waals surface area contributed by atoms with Crippen LogP contribution in [-0.4, -0.2) is 51.9 Å². The van der Waals surface area contributed by atoms with Crippen molar-refractivity contribution in [1.29, 1.82) is 0 Å². The molecule has 1 saturated carbocycles. The molecule has 0 radical (unpaired) electrons. The number of nitrogens with zero attached hydrogens (tertiary/aromatic N) is 1. The smallest absolute Gasteiger partial charge is 0.246 e. The van der Waals surface area contributed by atoms with Crippen molar-refractivity contribution < 1.29 is 19.1 Å². The number of amides is 3. The molecule has 0 aromatic heterocycles. The Bertz CT molecular complexity index is 1030. The van der Waals surface area contributed by atoms with E-state index in [9.17, 15) is 14.4 Å². The Balaban J connectivity index is 1.46. The fourth-order valence-electron chi connectivity index (χ4n) is 6.18. The van der Waals surface area contributed by atoms with E-state index < -0.39 is 35.1 Å². The molecular weight excluding hydrogens is 454 g/mol. The number of halogens is 1. The minimum absolute atomic E-state index is 0.111. The van der Waals surface area contributed by atoms with Gasteiger partial charge in [-0.1, -0.05) is 43.0 Å². The van der Waals surface area contributed by atoms with Gasteiger partial charge in [0.25, 0.3) is 0 Å². The predicted octanol–water partition coefficient (Wildman–Crippen LogP) is 3.68. The molecule has 7 nitrogen and oxygen atoms in total. The van der Waals surface area contributed by atoms with E-state index in [-0.39, 0.29) is 23.8 Å². The van der Waals surface area contributed by atoms with Crippen LogP contribution in [0.1, 0.15) is 52.9 Å². The van der Waals surface area contributed by atoms with Crippen LogP contribution in [0.2, 0.25) is 5.02 Å². The summed E-state index contributed by atoms with van der Waals surface area (Å²) < 4.78 is 6.38. The maximum atomic E-state index is 13.9. The van der Waals surface area contributed by atoms with E-state index in [2.05, 4.69) is 10.6 Å². The molecule has 2 N–H and O–H groups in total. The Labute approximate surface area is 205 Å². The molecule has 5 rings (SSSR count). The maximum absolute atomic E-state index is 13.9. The first-order valence-electron chi connectivity index (χ1n) is 12.2. The lowest BCUT2D eigenvalue weighted by Crippen LogP contribution is -2.60. The summed E-state index contributed by atoms with van der Waals surface area (Å²) >= 11 is 5.96. The molecule has 1 aromatic rings. The van der Waals surface area contributed by atoms with Crippen molar-refractivity contribution >= 4 is 35.0 Å². The number of hydrogen-bond acceptors (Lipinski definition) is 4. The van der Waals surface area contributed by atoms with Crippen LogP contribution >= 0.6 is 11.6 Å². The molecule has 182 valence electrons. The van der Waals surface area contributed by atoms with Crippen molar-refractivity contribution in [3.05, 3.63) is 41.4 Å². The first kappa shape index (κ1) is 23.4. The highest BCUT2D eigenvalue weighted by Gasteiger charge is 2.73. The molecule has 3 heterocycles. The Morgan fingerprint density at radius 1 is 1.09 bits per heavy atom. The lowest BCUT2D eigenvalue weighted by molar-refractivity contribution is -0.146. The number of carbonyl (C=O) groups is 3. The molecule has 4 aliphatic rings. The van der Waals surface area contributed by atoms with Crippen molar-refractivity contribution in [2.45, 2.75) is 82.2 Å². The highest BCUT2D eigenvalue weighted by atomic mass is 35.5. The molecule has 1 aromatic carbocycles. The number of ether oxygens (including phenoxy) is 1. The molecule has 5 unspecified atom stereocenters. The highest BCUT2D eigenvalue weighted by Crippen LogP contribution is 2.56. The monoisotopic (exact) mass is 485 g/mol. The van der Waals surface area contributed by atoms with Gasteiger partial charge in [0.1, 0.15) is 11.6 Å². The van der Waals surface area contributed by atoms with Crippen LogP contribution in [0, 0.1) is 11.8 Å². The highest BCUT2D eigenvalue weighted by molar-refractivity contribution is 6.30. The molecule has 2 bridgehead atoms. The lowest BCUT2D eigenvalue weighted by Gasteiger charge is -2.40. The number of carbonyl (C=O) groups excluding carboxylic acids is 3. The standard InChI is InChI=1S/C26H32ClN3O4/c1-25(2,3)30-21(23(32)29-16-7-5-4-6-8-16)26-14-13-18(34-26)19(20(26)24(30)33)22(31)28-17-11-9-15(27)10-12-17/h9-14,16,18-21H,4-8H2,1-3H3,(H,28,31)(H,29,32). The third kappa shape index (κ3) is 3.73. The first-order chi connectivity index (χ1) is 16.1. The van der Waals surface area contributed by atoms with E-state index in [4.69, 9.17) is 16.3 Å². The second-order valence-corrected chi connectivity index (χ2v) is 11.4. The van der Waals surface area contributed by atoms with Crippen molar-refractivity contribution in [3.63, 3.8) is 0 Å². The van der Waals surface area contributed by atoms with Crippen LogP contribution in [0.25, 0.3) is 0 Å². The van der Waals surface area contributed by atoms with E-state index in [0.717, 1.165) is 25.7 Å². The summed E-state index contributed by atoms with van der Waals surface area (Å²) in [6.45, 7) is 5.76. The quantitative estimate of drug-likeness (QED) is 0.637. The fourth-order valence-corrected chi connectivity index (χ4v) is 6.30. The average Bonchev–Trinajstić information content (AvgIpc) is 3.43. The number of benzene rings is 1. The number of hydrogen-bond donors (Lipinski definition) is 2. The van der Waals surface area contributed by atoms with E-state index in [0.29, 0.717) is 10.7 Å². The number of fused-ring (bicyclic) bond motifs is 1. The number of anilines is 1. The van der Waals surface area contributed by atoms with Gasteiger partial charge >= 0.3 is 0 Å². The van der Waals surface area contributed by atoms with Gasteiger partial charge in [-0.25, -0.2) is 0 Å². The predicted molar refractivity (Wildman–Crippen MR) is 129 cm³/mol. The minimum atomic E-state index is -1.14. The van der Waals surface area contributed by atoms with Gasteiger partial charge in [-0.15, -0.1) is 0 Å². The average molecular weight is 486 g/mol. The largest absolute Gasteiger partial charge is 0.359 e. The van der Waals surface area contributed by atoms with Crippen LogP contribution in [0.4, 0.5) is 5.69 Å². The summed E-state index contributed by atoms with van der Waals surface area (Å²) in [4.78, 5) is 42.6. The molecule has 8 heteroatoms. The summed E-state index contributed by atoms with van der Waals surface area (Å²) in [5.74, 6) is -2.16. The number of rotatable bonds is 4. The van der Waals surface area contributed by atoms with Gasteiger partial charge in [0.15, 0.2) is 0 Å². The number of likely N-dealkylation sites (tertiary alicyclic amines) is 1. The summed E-state index contributed by atoms with van der Waals surface area (Å²) in [5.41, 5.74) is -1.16. The van der Waals surface area contributed by atoms with Crippen molar-refractivity contribution in [1.82, 2.24) is 10.2 Å². The van der Waals surface area contributed by atoms with E-state index in [1.54, 1.807) is 29.2 Å². The van der Waals surface area contributed by atoms with E-state index in [1.165, 1.54) is 6.42 Å². The molecule has 1 aliphatic carbocycles. The Hall–Kier alpha value is -2.38. The summed E-state index contributed by atoms with van der Waals surface area (Å²) in [7, 11) is 0. The molecule has 3 fully saturated rings. The zero-order valence-electron chi connectivity index (χ0n) is 19.8. The van der Waals surface area contributed by atoms with Gasteiger partial charge in [0.2, 0.25) is 17.7 Å². The zero-order valence-corrected chi connectivity index (χ0v) is 20.6. The maximum Gasteiger partial charge on any atom is 0.246 e. The topological polar surface area (TPSA) is 87.7 Å². The van der Waals surface area contributed by atoms with Crippen LogP contribution in [0.3, 0.4) is 0 Å². The van der Waals surface area contributed by atoms with Crippen molar-refractivity contribution in [2.24, 2.45) is 11.8 Å². The third-order valence-corrected chi connectivity index (χ3v) is 7.86. The second kappa shape index (κ2) is 8.38. The molecule has 3 amide bonds. The third-order valence-electron chi connectivity index (χ3n) is 7.61. The summed E-state index contributed by atoms with van der Waals surface area (Å²) in [6.07, 6.45) is 8.41. The Kier molecular flexibility index (Phi) is 5.76. The zero-order chi connectivity index (χ0) is 24.3. The molecular formula is C26H32ClN3O4. The van der Waals surface area contributed by atoms with Crippen molar-refractivity contribution in [3.8, 4) is 0 Å². The molecule has 3 aliphatic heterocycles. The van der Waals surface area contributed by atoms with Gasteiger partial charge in [-0.05, 0) is 57.9 Å². The Morgan fingerprint density at radius 2 is 1.76 bits per heavy atom. The molecule has 34 heavy (non-hydrogen) atoms. The van der Waals surface area contributed by atoms with Crippen LogP contribution in [-0.2, 0) is 19.1 Å². The fraction of sp³-hybridized carbons (Fsp3) is 0.577. The van der Waals surface area contributed by atoms with Crippen LogP contribution in [0.15, 0.2) is 36.4 Å². The second-order valence-electron chi connectivity index (χ2n) is 10.9. The lowest BCUT2D eigenvalue weighted by atomic mass is 9.74. The minimum Gasteiger partial charge on any atom is -0.359 e. The summed E-state index contributed by atoms with van der Waals surface area (Å²) in [6, 6.07) is 6.13. The summed E-state index contributed by atoms with van der Waals surface area (Å²) in [5, 5.41) is 6.68. The Morgan fingerprint density at radius 3 is 2.41 bits per heavy atom. The van der Waals surface area contributed by atoms with Crippen molar-refractivity contribution in [2.75, 3.05) is 5.32 Å². The molecule has 5 atom stereocenters. The molecule has 1 spiro atoms. The van der Waals surface area contributed by atoms with Gasteiger partial charge < -0.3 is 20.3 Å². The van der Waals surface area contributed by atoms with Gasteiger partial charge in [0.05, 0.1) is 17.9 Å². The van der Waals surface area contributed by atoms with Gasteiger partial charge in [0, 0.05) is 22.3 Å². The first-order valence-corrected chi connectivity index (χ1v) is 12.6. The van der Waals surface area contributed by atoms with E-state index >= 15 is 0 Å². The van der Waals surface area contributed by atoms with E-state index in [1.807, 2.05) is 32.9 Å². The van der Waals surface area contributed by atoms with Gasteiger partial charge in [-0.3, -0.25) is 14.4 Å². The normalized spacial score (nSPS) is 32.7. The van der Waals surface area contributed by atoms with Crippen LogP contribution < -0.4 is 10.6 Å². The van der Waals surface area contributed by atoms with Crippen LogP contribution in [0.5, 0.6) is 0 Å². The SMILES string of the molecule is CC(C)(C)N1C(=O)C2C(C(=O)Nc3ccc(Cl)cc3)C3C=CC2(O3)C1C(=O)NC1CCCCC1. The molecule has 2 saturated heterocycles. The number of nitrogens with one attached hydrogen (secondary N) is 2. The van der Waals surface area contributed by atoms with Gasteiger partial charge in [-0.2, -0.15) is 0 Å².